The number of ketones is 1. The predicted molar refractivity (Wildman–Crippen MR) is 90.3 cm³/mol. The summed E-state index contributed by atoms with van der Waals surface area (Å²) in [5.74, 6) is 1.03. The number of nitrogens with one attached hydrogen (secondary N) is 1. The molecule has 1 fully saturated rings. The van der Waals surface area contributed by atoms with Crippen LogP contribution in [0.2, 0.25) is 0 Å². The highest BCUT2D eigenvalue weighted by atomic mass is 16.5. The molecule has 1 saturated carbocycles. The van der Waals surface area contributed by atoms with Crippen LogP contribution in [0, 0.1) is 0 Å². The number of Topliss-reactive ketones (excluding diaryl/α,β-unsaturated/α-hetero) is 1. The Hall–Kier alpha value is -2.63. The van der Waals surface area contributed by atoms with E-state index in [-0.39, 0.29) is 18.3 Å². The molecule has 24 heavy (non-hydrogen) atoms. The predicted octanol–water partition coefficient (Wildman–Crippen LogP) is 3.22. The molecule has 0 aliphatic heterocycles. The minimum atomic E-state index is -0.231. The molecule has 6 nitrogen and oxygen atoms in total. The number of rotatable bonds is 6. The fourth-order valence-corrected chi connectivity index (χ4v) is 2.97. The molecule has 0 unspecified atom stereocenters. The van der Waals surface area contributed by atoms with Gasteiger partial charge in [0.1, 0.15) is 11.6 Å². The lowest BCUT2D eigenvalue weighted by molar-refractivity contribution is -0.118. The third-order valence-corrected chi connectivity index (χ3v) is 4.24. The lowest BCUT2D eigenvalue weighted by Crippen LogP contribution is -2.23. The van der Waals surface area contributed by atoms with E-state index in [4.69, 9.17) is 4.74 Å². The molecule has 0 saturated heterocycles. The average molecular weight is 327 g/mol. The number of hydrogen-bond donors (Lipinski definition) is 1. The monoisotopic (exact) mass is 327 g/mol. The summed E-state index contributed by atoms with van der Waals surface area (Å²) in [7, 11) is 0. The van der Waals surface area contributed by atoms with Crippen LogP contribution in [0.25, 0.3) is 0 Å². The maximum absolute atomic E-state index is 12.1. The van der Waals surface area contributed by atoms with Gasteiger partial charge in [0.2, 0.25) is 0 Å². The number of aromatic nitrogens is 2. The van der Waals surface area contributed by atoms with Gasteiger partial charge in [-0.3, -0.25) is 9.59 Å². The van der Waals surface area contributed by atoms with Crippen LogP contribution in [0.4, 0.5) is 5.82 Å². The zero-order valence-corrected chi connectivity index (χ0v) is 13.7. The molecule has 6 heteroatoms. The van der Waals surface area contributed by atoms with E-state index in [1.165, 1.54) is 19.8 Å². The van der Waals surface area contributed by atoms with E-state index in [2.05, 4.69) is 10.4 Å². The van der Waals surface area contributed by atoms with Crippen LogP contribution in [0.15, 0.2) is 36.5 Å². The second kappa shape index (κ2) is 7.29. The Morgan fingerprint density at radius 3 is 2.58 bits per heavy atom. The van der Waals surface area contributed by atoms with Gasteiger partial charge in [0.05, 0.1) is 12.2 Å². The van der Waals surface area contributed by atoms with Crippen LogP contribution in [0.3, 0.4) is 0 Å². The van der Waals surface area contributed by atoms with Crippen LogP contribution in [-0.2, 0) is 4.79 Å². The molecule has 3 rings (SSSR count). The van der Waals surface area contributed by atoms with Crippen molar-refractivity contribution in [1.29, 1.82) is 0 Å². The summed E-state index contributed by atoms with van der Waals surface area (Å²) in [4.78, 5) is 23.3. The van der Waals surface area contributed by atoms with Crippen molar-refractivity contribution in [3.05, 3.63) is 42.1 Å². The van der Waals surface area contributed by atoms with Crippen molar-refractivity contribution in [2.75, 3.05) is 11.9 Å². The van der Waals surface area contributed by atoms with Gasteiger partial charge in [-0.25, -0.2) is 4.68 Å². The Bertz CT molecular complexity index is 715. The molecule has 1 aromatic carbocycles. The van der Waals surface area contributed by atoms with Gasteiger partial charge in [-0.15, -0.1) is 0 Å². The van der Waals surface area contributed by atoms with Gasteiger partial charge in [0, 0.05) is 11.6 Å². The molecule has 0 atom stereocenters. The molecule has 0 spiro atoms. The first kappa shape index (κ1) is 16.2. The SMILES string of the molecule is CC(=O)c1ccc(OCC(=O)Nc2ccnn2C2CCCC2)cc1. The van der Waals surface area contributed by atoms with Crippen molar-refractivity contribution in [2.24, 2.45) is 0 Å². The number of nitrogens with zero attached hydrogens (tertiary/aromatic N) is 2. The quantitative estimate of drug-likeness (QED) is 0.827. The minimum absolute atomic E-state index is 0.000493. The molecule has 1 heterocycles. The van der Waals surface area contributed by atoms with Gasteiger partial charge in [-0.2, -0.15) is 5.10 Å². The van der Waals surface area contributed by atoms with Crippen LogP contribution in [0.1, 0.15) is 49.0 Å². The van der Waals surface area contributed by atoms with E-state index in [1.54, 1.807) is 36.5 Å². The Kier molecular flexibility index (Phi) is 4.93. The van der Waals surface area contributed by atoms with Gasteiger partial charge in [0.15, 0.2) is 12.4 Å². The largest absolute Gasteiger partial charge is 0.484 e. The molecular formula is C18H21N3O3. The van der Waals surface area contributed by atoms with E-state index in [1.807, 2.05) is 4.68 Å². The third kappa shape index (κ3) is 3.82. The molecular weight excluding hydrogens is 306 g/mol. The fourth-order valence-electron chi connectivity index (χ4n) is 2.97. The summed E-state index contributed by atoms with van der Waals surface area (Å²) in [6.45, 7) is 1.42. The van der Waals surface area contributed by atoms with E-state index in [9.17, 15) is 9.59 Å². The Labute approximate surface area is 140 Å². The summed E-state index contributed by atoms with van der Waals surface area (Å²) < 4.78 is 7.36. The average Bonchev–Trinajstić information content (AvgIpc) is 3.24. The lowest BCUT2D eigenvalue weighted by atomic mass is 10.1. The number of benzene rings is 1. The van der Waals surface area contributed by atoms with Crippen molar-refractivity contribution in [3.63, 3.8) is 0 Å². The normalized spacial score (nSPS) is 14.5. The first-order valence-electron chi connectivity index (χ1n) is 8.20. The summed E-state index contributed by atoms with van der Waals surface area (Å²) >= 11 is 0. The van der Waals surface area contributed by atoms with Crippen molar-refractivity contribution in [3.8, 4) is 5.75 Å². The van der Waals surface area contributed by atoms with Gasteiger partial charge < -0.3 is 10.1 Å². The molecule has 0 radical (unpaired) electrons. The summed E-state index contributed by atoms with van der Waals surface area (Å²) in [6, 6.07) is 8.92. The van der Waals surface area contributed by atoms with Crippen LogP contribution >= 0.6 is 0 Å². The van der Waals surface area contributed by atoms with E-state index >= 15 is 0 Å². The highest BCUT2D eigenvalue weighted by molar-refractivity contribution is 5.94. The first-order valence-corrected chi connectivity index (χ1v) is 8.20. The van der Waals surface area contributed by atoms with E-state index in [0.29, 0.717) is 23.2 Å². The lowest BCUT2D eigenvalue weighted by Gasteiger charge is -2.14. The highest BCUT2D eigenvalue weighted by Crippen LogP contribution is 2.31. The zero-order chi connectivity index (χ0) is 16.9. The Morgan fingerprint density at radius 2 is 1.92 bits per heavy atom. The third-order valence-electron chi connectivity index (χ3n) is 4.24. The number of ether oxygens (including phenoxy) is 1. The van der Waals surface area contributed by atoms with Gasteiger partial charge in [-0.05, 0) is 44.0 Å². The molecule has 1 amide bonds. The van der Waals surface area contributed by atoms with Crippen molar-refractivity contribution < 1.29 is 14.3 Å². The second-order valence-corrected chi connectivity index (χ2v) is 6.02. The Balaban J connectivity index is 1.54. The number of carbonyl (C=O) groups excluding carboxylic acids is 2. The molecule has 1 aliphatic rings. The van der Waals surface area contributed by atoms with Gasteiger partial charge >= 0.3 is 0 Å². The van der Waals surface area contributed by atoms with Crippen LogP contribution in [0.5, 0.6) is 5.75 Å². The summed E-state index contributed by atoms with van der Waals surface area (Å²) in [6.07, 6.45) is 6.32. The summed E-state index contributed by atoms with van der Waals surface area (Å²) in [5.41, 5.74) is 0.618. The van der Waals surface area contributed by atoms with Crippen LogP contribution in [-0.4, -0.2) is 28.1 Å². The smallest absolute Gasteiger partial charge is 0.263 e. The molecule has 0 bridgehead atoms. The highest BCUT2D eigenvalue weighted by Gasteiger charge is 2.20. The maximum Gasteiger partial charge on any atom is 0.263 e. The van der Waals surface area contributed by atoms with Crippen molar-refractivity contribution in [2.45, 2.75) is 38.6 Å². The zero-order valence-electron chi connectivity index (χ0n) is 13.7. The number of anilines is 1. The second-order valence-electron chi connectivity index (χ2n) is 6.02. The topological polar surface area (TPSA) is 73.2 Å². The number of amides is 1. The van der Waals surface area contributed by atoms with Crippen molar-refractivity contribution >= 4 is 17.5 Å². The standard InChI is InChI=1S/C18H21N3O3/c1-13(22)14-6-8-16(9-7-14)24-12-18(23)20-17-10-11-19-21(17)15-4-2-3-5-15/h6-11,15H,2-5,12H2,1H3,(H,20,23). The van der Waals surface area contributed by atoms with E-state index in [0.717, 1.165) is 12.8 Å². The van der Waals surface area contributed by atoms with Gasteiger partial charge in [-0.1, -0.05) is 12.8 Å². The van der Waals surface area contributed by atoms with E-state index < -0.39 is 0 Å². The fraction of sp³-hybridized carbons (Fsp3) is 0.389. The number of carbonyl (C=O) groups is 2. The molecule has 1 aromatic heterocycles. The molecule has 2 aromatic rings. The maximum atomic E-state index is 12.1. The van der Waals surface area contributed by atoms with Crippen molar-refractivity contribution in [1.82, 2.24) is 9.78 Å². The van der Waals surface area contributed by atoms with Crippen LogP contribution < -0.4 is 10.1 Å². The molecule has 1 N–H and O–H groups in total. The molecule has 1 aliphatic carbocycles. The Morgan fingerprint density at radius 1 is 1.21 bits per heavy atom. The minimum Gasteiger partial charge on any atom is -0.484 e. The number of hydrogen-bond acceptors (Lipinski definition) is 4. The first-order chi connectivity index (χ1) is 11.6. The summed E-state index contributed by atoms with van der Waals surface area (Å²) in [5, 5.41) is 7.17. The van der Waals surface area contributed by atoms with Gasteiger partial charge in [0.25, 0.3) is 5.91 Å². The molecule has 126 valence electrons.